The van der Waals surface area contributed by atoms with Gasteiger partial charge in [-0.1, -0.05) is 164 Å². The summed E-state index contributed by atoms with van der Waals surface area (Å²) in [7, 11) is 0. The summed E-state index contributed by atoms with van der Waals surface area (Å²) in [6, 6.07) is 69.5. The van der Waals surface area contributed by atoms with Crippen molar-refractivity contribution < 1.29 is 0 Å². The molecule has 0 N–H and O–H groups in total. The Morgan fingerprint density at radius 1 is 0.371 bits per heavy atom. The molecule has 0 aliphatic rings. The molecular weight excluding hydrogens is 777 g/mol. The minimum atomic E-state index is 0.676. The van der Waals surface area contributed by atoms with Crippen molar-refractivity contribution in [2.75, 3.05) is 0 Å². The third-order valence-corrected chi connectivity index (χ3v) is 12.6. The highest BCUT2D eigenvalue weighted by Gasteiger charge is 2.19. The molecule has 0 saturated heterocycles. The molecule has 0 unspecified atom stereocenters. The van der Waals surface area contributed by atoms with Crippen LogP contribution in [-0.2, 0) is 0 Å². The first-order chi connectivity index (χ1) is 30.7. The van der Waals surface area contributed by atoms with Crippen molar-refractivity contribution in [2.24, 2.45) is 0 Å². The Morgan fingerprint density at radius 3 is 1.58 bits per heavy atom. The summed E-state index contributed by atoms with van der Waals surface area (Å²) in [5, 5.41) is 3.48. The Labute approximate surface area is 361 Å². The predicted octanol–water partition coefficient (Wildman–Crippen LogP) is 14.1. The second-order valence-corrected chi connectivity index (χ2v) is 16.3. The monoisotopic (exact) mass is 810 g/mol. The van der Waals surface area contributed by atoms with E-state index in [0.29, 0.717) is 11.6 Å². The largest absolute Gasteiger partial charge is 0.309 e. The van der Waals surface area contributed by atoms with E-state index in [-0.39, 0.29) is 0 Å². The van der Waals surface area contributed by atoms with Crippen LogP contribution in [0.4, 0.5) is 0 Å². The van der Waals surface area contributed by atoms with Gasteiger partial charge in [-0.05, 0) is 42.0 Å². The van der Waals surface area contributed by atoms with Crippen LogP contribution >= 0.6 is 11.3 Å². The summed E-state index contributed by atoms with van der Waals surface area (Å²) < 4.78 is 3.37. The Morgan fingerprint density at radius 2 is 0.919 bits per heavy atom. The molecule has 0 amide bonds. The Balaban J connectivity index is 0.946. The number of aromatic nitrogens is 6. The van der Waals surface area contributed by atoms with Gasteiger partial charge in [-0.25, -0.2) is 24.9 Å². The Bertz CT molecular complexity index is 3560. The summed E-state index contributed by atoms with van der Waals surface area (Å²) in [6.45, 7) is 0. The minimum absolute atomic E-state index is 0.676. The lowest BCUT2D eigenvalue weighted by molar-refractivity contribution is 1.16. The predicted molar refractivity (Wildman–Crippen MR) is 255 cm³/mol. The summed E-state index contributed by atoms with van der Waals surface area (Å²) in [5.41, 5.74) is 14.0. The van der Waals surface area contributed by atoms with E-state index in [1.165, 1.54) is 21.8 Å². The van der Waals surface area contributed by atoms with Crippen molar-refractivity contribution in [3.8, 4) is 73.4 Å². The highest BCUT2D eigenvalue weighted by molar-refractivity contribution is 7.25. The van der Waals surface area contributed by atoms with Crippen LogP contribution in [0.15, 0.2) is 206 Å². The van der Waals surface area contributed by atoms with Crippen LogP contribution in [0.2, 0.25) is 0 Å². The normalized spacial score (nSPS) is 11.5. The molecule has 7 heteroatoms. The molecule has 6 nitrogen and oxygen atoms in total. The molecule has 0 aliphatic heterocycles. The standard InChI is InChI=1S/C55H34N6S/c1-4-15-37(16-5-1)50-52-51(60-54(59-50)39-19-8-3-9-20-39)45-32-41(34-56-55(45)62-52)35-27-29-36(30-28-35)46-33-47(58-53(57-46)38-17-6-2-7-18-38)40-21-14-22-42(31-40)61-48-25-12-10-23-43(48)44-24-11-13-26-49(44)61/h1-34H. The number of nitrogens with zero attached hydrogens (tertiary/aromatic N) is 6. The fourth-order valence-corrected chi connectivity index (χ4v) is 9.57. The summed E-state index contributed by atoms with van der Waals surface area (Å²) in [5.74, 6) is 1.37. The van der Waals surface area contributed by atoms with Crippen LogP contribution < -0.4 is 0 Å². The number of para-hydroxylation sites is 2. The maximum Gasteiger partial charge on any atom is 0.160 e. The molecule has 7 aromatic carbocycles. The molecule has 5 aromatic heterocycles. The second-order valence-electron chi connectivity index (χ2n) is 15.3. The summed E-state index contributed by atoms with van der Waals surface area (Å²) in [4.78, 5) is 26.5. The number of pyridine rings is 1. The summed E-state index contributed by atoms with van der Waals surface area (Å²) >= 11 is 1.64. The van der Waals surface area contributed by atoms with Crippen molar-refractivity contribution in [1.82, 2.24) is 29.5 Å². The smallest absolute Gasteiger partial charge is 0.160 e. The van der Waals surface area contributed by atoms with Crippen LogP contribution in [-0.4, -0.2) is 29.5 Å². The van der Waals surface area contributed by atoms with Crippen LogP contribution in [0.5, 0.6) is 0 Å². The number of benzene rings is 7. The average molecular weight is 811 g/mol. The Hall–Kier alpha value is -8.13. The van der Waals surface area contributed by atoms with Gasteiger partial charge in [0.2, 0.25) is 0 Å². The van der Waals surface area contributed by atoms with Crippen molar-refractivity contribution in [2.45, 2.75) is 0 Å². The van der Waals surface area contributed by atoms with Crippen molar-refractivity contribution >= 4 is 53.6 Å². The van der Waals surface area contributed by atoms with E-state index in [1.54, 1.807) is 11.3 Å². The number of hydrogen-bond donors (Lipinski definition) is 0. The van der Waals surface area contributed by atoms with Crippen LogP contribution in [0.1, 0.15) is 0 Å². The molecule has 12 aromatic rings. The third-order valence-electron chi connectivity index (χ3n) is 11.5. The van der Waals surface area contributed by atoms with Gasteiger partial charge in [-0.3, -0.25) is 0 Å². The quantitative estimate of drug-likeness (QED) is 0.160. The second kappa shape index (κ2) is 14.9. The fraction of sp³-hybridized carbons (Fsp3) is 0. The molecule has 62 heavy (non-hydrogen) atoms. The topological polar surface area (TPSA) is 69.4 Å². The van der Waals surface area contributed by atoms with Crippen LogP contribution in [0.25, 0.3) is 116 Å². The number of hydrogen-bond acceptors (Lipinski definition) is 6. The molecule has 0 fully saturated rings. The lowest BCUT2D eigenvalue weighted by atomic mass is 10.0. The van der Waals surface area contributed by atoms with Crippen molar-refractivity contribution in [1.29, 1.82) is 0 Å². The molecule has 5 heterocycles. The van der Waals surface area contributed by atoms with E-state index in [2.05, 4.69) is 162 Å². The number of fused-ring (bicyclic) bond motifs is 6. The molecule has 0 saturated carbocycles. The molecule has 0 atom stereocenters. The van der Waals surface area contributed by atoms with E-state index in [4.69, 9.17) is 24.9 Å². The maximum atomic E-state index is 5.17. The van der Waals surface area contributed by atoms with Crippen molar-refractivity contribution in [3.63, 3.8) is 0 Å². The van der Waals surface area contributed by atoms with Gasteiger partial charge in [0.25, 0.3) is 0 Å². The van der Waals surface area contributed by atoms with Gasteiger partial charge in [-0.15, -0.1) is 11.3 Å². The number of rotatable bonds is 7. The first-order valence-corrected chi connectivity index (χ1v) is 21.4. The first kappa shape index (κ1) is 35.8. The van der Waals surface area contributed by atoms with Gasteiger partial charge >= 0.3 is 0 Å². The third kappa shape index (κ3) is 6.22. The Kier molecular flexibility index (Phi) is 8.57. The molecule has 0 radical (unpaired) electrons. The van der Waals surface area contributed by atoms with Gasteiger partial charge in [0.15, 0.2) is 11.6 Å². The fourth-order valence-electron chi connectivity index (χ4n) is 8.49. The zero-order chi connectivity index (χ0) is 41.0. The maximum absolute atomic E-state index is 5.17. The first-order valence-electron chi connectivity index (χ1n) is 20.6. The van der Waals surface area contributed by atoms with Crippen LogP contribution in [0.3, 0.4) is 0 Å². The van der Waals surface area contributed by atoms with E-state index in [1.807, 2.05) is 48.7 Å². The minimum Gasteiger partial charge on any atom is -0.309 e. The molecule has 290 valence electrons. The van der Waals surface area contributed by atoms with Gasteiger partial charge in [0, 0.05) is 61.4 Å². The van der Waals surface area contributed by atoms with Crippen LogP contribution in [0, 0.1) is 0 Å². The molecular formula is C55H34N6S. The van der Waals surface area contributed by atoms with E-state index < -0.39 is 0 Å². The molecule has 12 rings (SSSR count). The molecule has 0 bridgehead atoms. The molecule has 0 aliphatic carbocycles. The van der Waals surface area contributed by atoms with Gasteiger partial charge in [-0.2, -0.15) is 0 Å². The number of thiophene rings is 1. The molecule has 0 spiro atoms. The SMILES string of the molecule is c1ccc(-c2nc(-c3ccc(-c4cnc5sc6c(-c7ccccc7)nc(-c7ccccc7)nc6c5c4)cc3)cc(-c3cccc(-n4c5ccccc5c5ccccc54)c3)n2)cc1. The summed E-state index contributed by atoms with van der Waals surface area (Å²) in [6.07, 6.45) is 1.96. The lowest BCUT2D eigenvalue weighted by Crippen LogP contribution is -1.98. The van der Waals surface area contributed by atoms with E-state index in [0.717, 1.165) is 82.1 Å². The average Bonchev–Trinajstić information content (AvgIpc) is 3.90. The van der Waals surface area contributed by atoms with Crippen molar-refractivity contribution in [3.05, 3.63) is 206 Å². The zero-order valence-electron chi connectivity index (χ0n) is 33.2. The van der Waals surface area contributed by atoms with Gasteiger partial charge in [0.1, 0.15) is 4.83 Å². The van der Waals surface area contributed by atoms with Gasteiger partial charge in [0.05, 0.1) is 38.3 Å². The highest BCUT2D eigenvalue weighted by Crippen LogP contribution is 2.40. The zero-order valence-corrected chi connectivity index (χ0v) is 34.0. The lowest BCUT2D eigenvalue weighted by Gasteiger charge is -2.12. The highest BCUT2D eigenvalue weighted by atomic mass is 32.1. The van der Waals surface area contributed by atoms with E-state index in [9.17, 15) is 0 Å². The van der Waals surface area contributed by atoms with E-state index >= 15 is 0 Å². The van der Waals surface area contributed by atoms with Gasteiger partial charge < -0.3 is 4.57 Å².